The summed E-state index contributed by atoms with van der Waals surface area (Å²) in [5.74, 6) is 0.377. The van der Waals surface area contributed by atoms with Gasteiger partial charge in [0.1, 0.15) is 0 Å². The zero-order valence-corrected chi connectivity index (χ0v) is 14.6. The first-order valence-electron chi connectivity index (χ1n) is 7.86. The number of hydrogen-bond donors (Lipinski definition) is 0. The van der Waals surface area contributed by atoms with Crippen molar-refractivity contribution in [2.75, 3.05) is 0 Å². The van der Waals surface area contributed by atoms with Crippen LogP contribution < -0.4 is 0 Å². The van der Waals surface area contributed by atoms with Crippen LogP contribution in [0.5, 0.6) is 0 Å². The van der Waals surface area contributed by atoms with E-state index in [1.54, 1.807) is 0 Å². The first kappa shape index (κ1) is 14.6. The normalized spacial score (nSPS) is 33.4. The molecular formula is C20H26O. The summed E-state index contributed by atoms with van der Waals surface area (Å²) in [5.41, 5.74) is 6.86. The SMILES string of the molecule is CC1=C(C)[C@@]2(C)c3c(C)ccc(C)c3[C@@]1(C)C(=O)C2(C)C. The van der Waals surface area contributed by atoms with Crippen LogP contribution in [0.4, 0.5) is 0 Å². The Balaban J connectivity index is 2.61. The molecule has 2 bridgehead atoms. The van der Waals surface area contributed by atoms with Crippen LogP contribution in [-0.2, 0) is 15.6 Å². The number of fused-ring (bicyclic) bond motifs is 1. The van der Waals surface area contributed by atoms with Crippen molar-refractivity contribution in [1.29, 1.82) is 0 Å². The van der Waals surface area contributed by atoms with E-state index in [0.717, 1.165) is 0 Å². The maximum absolute atomic E-state index is 13.4. The quantitative estimate of drug-likeness (QED) is 0.626. The van der Waals surface area contributed by atoms with Gasteiger partial charge in [0.15, 0.2) is 5.78 Å². The summed E-state index contributed by atoms with van der Waals surface area (Å²) < 4.78 is 0. The third-order valence-electron chi connectivity index (χ3n) is 6.96. The molecule has 3 aliphatic carbocycles. The molecule has 1 aromatic carbocycles. The highest BCUT2D eigenvalue weighted by atomic mass is 16.1. The minimum absolute atomic E-state index is 0.197. The van der Waals surface area contributed by atoms with Gasteiger partial charge in [0, 0.05) is 10.8 Å². The molecule has 0 saturated heterocycles. The van der Waals surface area contributed by atoms with Crippen LogP contribution in [0.15, 0.2) is 23.3 Å². The zero-order chi connectivity index (χ0) is 16.0. The Labute approximate surface area is 128 Å². The van der Waals surface area contributed by atoms with Crippen molar-refractivity contribution in [3.8, 4) is 0 Å². The molecule has 0 heterocycles. The molecule has 0 aromatic heterocycles. The Kier molecular flexibility index (Phi) is 2.56. The number of aryl methyl sites for hydroxylation is 2. The molecule has 1 nitrogen and oxygen atoms in total. The third kappa shape index (κ3) is 1.23. The standard InChI is InChI=1S/C20H26O/c1-11-9-10-12(2)16-15(11)19(7)13(3)14(4)20(16,8)18(5,6)17(19)21/h9-10H,1-8H3/t19-,20-/m0/s1. The van der Waals surface area contributed by atoms with Crippen molar-refractivity contribution in [2.45, 2.75) is 66.2 Å². The number of benzene rings is 1. The average Bonchev–Trinajstić information content (AvgIpc) is 2.42. The summed E-state index contributed by atoms with van der Waals surface area (Å²) in [4.78, 5) is 13.4. The summed E-state index contributed by atoms with van der Waals surface area (Å²) in [6, 6.07) is 4.39. The first-order valence-corrected chi connectivity index (χ1v) is 7.86. The van der Waals surface area contributed by atoms with Crippen LogP contribution in [0.3, 0.4) is 0 Å². The van der Waals surface area contributed by atoms with Crippen molar-refractivity contribution in [3.63, 3.8) is 0 Å². The Bertz CT molecular complexity index is 720. The van der Waals surface area contributed by atoms with Gasteiger partial charge in [-0.25, -0.2) is 0 Å². The highest BCUT2D eigenvalue weighted by Crippen LogP contribution is 2.65. The molecule has 0 spiro atoms. The smallest absolute Gasteiger partial charge is 0.153 e. The van der Waals surface area contributed by atoms with Crippen LogP contribution in [-0.4, -0.2) is 5.78 Å². The Hall–Kier alpha value is -1.37. The number of Topliss-reactive ketones (excluding diaryl/α,β-unsaturated/α-hetero) is 1. The van der Waals surface area contributed by atoms with E-state index in [4.69, 9.17) is 0 Å². The predicted octanol–water partition coefficient (Wildman–Crippen LogP) is 4.78. The van der Waals surface area contributed by atoms with Gasteiger partial charge in [-0.05, 0) is 56.9 Å². The van der Waals surface area contributed by atoms with Gasteiger partial charge in [-0.1, -0.05) is 44.1 Å². The fourth-order valence-electron chi connectivity index (χ4n) is 5.14. The van der Waals surface area contributed by atoms with Gasteiger partial charge in [0.05, 0.1) is 5.41 Å². The van der Waals surface area contributed by atoms with Gasteiger partial charge < -0.3 is 0 Å². The topological polar surface area (TPSA) is 17.1 Å². The third-order valence-corrected chi connectivity index (χ3v) is 6.96. The molecule has 112 valence electrons. The van der Waals surface area contributed by atoms with Gasteiger partial charge in [-0.2, -0.15) is 0 Å². The molecule has 3 aliphatic rings. The van der Waals surface area contributed by atoms with E-state index in [1.165, 1.54) is 33.4 Å². The Morgan fingerprint density at radius 1 is 0.762 bits per heavy atom. The number of ketones is 1. The second-order valence-corrected chi connectivity index (χ2v) is 7.90. The van der Waals surface area contributed by atoms with E-state index in [2.05, 4.69) is 67.5 Å². The number of carbonyl (C=O) groups excluding carboxylic acids is 1. The highest BCUT2D eigenvalue weighted by Gasteiger charge is 2.65. The lowest BCUT2D eigenvalue weighted by molar-refractivity contribution is -0.137. The Morgan fingerprint density at radius 2 is 1.24 bits per heavy atom. The number of hydrogen-bond acceptors (Lipinski definition) is 1. The van der Waals surface area contributed by atoms with E-state index in [9.17, 15) is 4.79 Å². The monoisotopic (exact) mass is 282 g/mol. The van der Waals surface area contributed by atoms with Gasteiger partial charge in [-0.15, -0.1) is 0 Å². The lowest BCUT2D eigenvalue weighted by atomic mass is 9.40. The van der Waals surface area contributed by atoms with Crippen LogP contribution in [0.1, 0.15) is 63.8 Å². The molecule has 0 N–H and O–H groups in total. The Morgan fingerprint density at radius 3 is 1.76 bits per heavy atom. The molecule has 0 aliphatic heterocycles. The van der Waals surface area contributed by atoms with Crippen molar-refractivity contribution in [1.82, 2.24) is 0 Å². The molecule has 0 saturated carbocycles. The van der Waals surface area contributed by atoms with E-state index in [1.807, 2.05) is 0 Å². The van der Waals surface area contributed by atoms with E-state index >= 15 is 0 Å². The van der Waals surface area contributed by atoms with E-state index in [0.29, 0.717) is 5.78 Å². The van der Waals surface area contributed by atoms with Gasteiger partial charge in [0.2, 0.25) is 0 Å². The fourth-order valence-corrected chi connectivity index (χ4v) is 5.14. The molecule has 0 radical (unpaired) electrons. The van der Waals surface area contributed by atoms with Crippen molar-refractivity contribution in [3.05, 3.63) is 45.5 Å². The minimum atomic E-state index is -0.462. The maximum Gasteiger partial charge on any atom is 0.153 e. The largest absolute Gasteiger partial charge is 0.298 e. The minimum Gasteiger partial charge on any atom is -0.298 e. The molecule has 4 rings (SSSR count). The average molecular weight is 282 g/mol. The molecule has 1 aromatic rings. The lowest BCUT2D eigenvalue weighted by Gasteiger charge is -2.61. The number of rotatable bonds is 0. The molecule has 2 atom stereocenters. The maximum atomic E-state index is 13.4. The van der Waals surface area contributed by atoms with Crippen molar-refractivity contribution < 1.29 is 4.79 Å². The highest BCUT2D eigenvalue weighted by molar-refractivity contribution is 6.04. The molecule has 0 unspecified atom stereocenters. The van der Waals surface area contributed by atoms with E-state index in [-0.39, 0.29) is 10.8 Å². The molecule has 0 amide bonds. The molecule has 0 fully saturated rings. The van der Waals surface area contributed by atoms with Gasteiger partial charge in [0.25, 0.3) is 0 Å². The van der Waals surface area contributed by atoms with Crippen molar-refractivity contribution >= 4 is 5.78 Å². The summed E-state index contributed by atoms with van der Waals surface area (Å²) in [7, 11) is 0. The fraction of sp³-hybridized carbons (Fsp3) is 0.550. The summed E-state index contributed by atoms with van der Waals surface area (Å²) in [5, 5.41) is 0. The predicted molar refractivity (Wildman–Crippen MR) is 87.8 cm³/mol. The van der Waals surface area contributed by atoms with Crippen LogP contribution >= 0.6 is 0 Å². The summed E-state index contributed by atoms with van der Waals surface area (Å²) in [6.45, 7) is 17.4. The van der Waals surface area contributed by atoms with Crippen LogP contribution in [0, 0.1) is 19.3 Å². The second kappa shape index (κ2) is 3.69. The number of carbonyl (C=O) groups is 1. The van der Waals surface area contributed by atoms with Crippen LogP contribution in [0.2, 0.25) is 0 Å². The molecule has 1 heteroatoms. The van der Waals surface area contributed by atoms with Crippen LogP contribution in [0.25, 0.3) is 0 Å². The molecule has 21 heavy (non-hydrogen) atoms. The lowest BCUT2D eigenvalue weighted by Crippen LogP contribution is -2.63. The van der Waals surface area contributed by atoms with Gasteiger partial charge in [-0.3, -0.25) is 4.79 Å². The summed E-state index contributed by atoms with van der Waals surface area (Å²) in [6.07, 6.45) is 0. The zero-order valence-electron chi connectivity index (χ0n) is 14.6. The van der Waals surface area contributed by atoms with Crippen molar-refractivity contribution in [2.24, 2.45) is 5.41 Å². The van der Waals surface area contributed by atoms with E-state index < -0.39 is 5.41 Å². The summed E-state index contributed by atoms with van der Waals surface area (Å²) >= 11 is 0. The van der Waals surface area contributed by atoms with Gasteiger partial charge >= 0.3 is 0 Å². The first-order chi connectivity index (χ1) is 9.52. The molecular weight excluding hydrogens is 256 g/mol. The second-order valence-electron chi connectivity index (χ2n) is 7.90. The number of allylic oxidation sites excluding steroid dienone is 2.